The number of nitrogens with one attached hydrogen (secondary N) is 1. The highest BCUT2D eigenvalue weighted by Gasteiger charge is 2.23. The van der Waals surface area contributed by atoms with Gasteiger partial charge in [-0.05, 0) is 30.7 Å². The van der Waals surface area contributed by atoms with Gasteiger partial charge in [-0.15, -0.1) is 0 Å². The van der Waals surface area contributed by atoms with Gasteiger partial charge in [-0.3, -0.25) is 9.10 Å². The maximum Gasteiger partial charge on any atom is 0.232 e. The van der Waals surface area contributed by atoms with Gasteiger partial charge in [0.15, 0.2) is 23.0 Å². The zero-order valence-corrected chi connectivity index (χ0v) is 17.9. The maximum atomic E-state index is 12.3. The molecule has 2 heterocycles. The molecule has 9 nitrogen and oxygen atoms in total. The average molecular weight is 448 g/mol. The predicted molar refractivity (Wildman–Crippen MR) is 113 cm³/mol. The molecule has 2 aromatic rings. The van der Waals surface area contributed by atoms with Gasteiger partial charge in [0.05, 0.1) is 18.5 Å². The summed E-state index contributed by atoms with van der Waals surface area (Å²) in [6.45, 7) is 0.940. The summed E-state index contributed by atoms with van der Waals surface area (Å²) in [5, 5.41) is 2.82. The fraction of sp³-hybridized carbons (Fsp3) is 0.381. The molecule has 0 aromatic heterocycles. The molecule has 10 heteroatoms. The number of hydrogen-bond acceptors (Lipinski definition) is 7. The summed E-state index contributed by atoms with van der Waals surface area (Å²) in [5.41, 5.74) is 0.471. The fourth-order valence-corrected chi connectivity index (χ4v) is 4.35. The Balaban J connectivity index is 1.27. The third-order valence-electron chi connectivity index (χ3n) is 4.90. The van der Waals surface area contributed by atoms with Crippen molar-refractivity contribution in [2.24, 2.45) is 0 Å². The van der Waals surface area contributed by atoms with Crippen LogP contribution in [0.4, 0.5) is 5.69 Å². The van der Waals surface area contributed by atoms with Crippen molar-refractivity contribution < 1.29 is 32.2 Å². The monoisotopic (exact) mass is 448 g/mol. The van der Waals surface area contributed by atoms with Crippen LogP contribution < -0.4 is 28.6 Å². The number of anilines is 1. The minimum Gasteiger partial charge on any atom is -0.486 e. The van der Waals surface area contributed by atoms with Crippen LogP contribution in [0.25, 0.3) is 0 Å². The first-order chi connectivity index (χ1) is 14.9. The SMILES string of the molecule is CS(=O)(=O)N(CCCC(=O)NC[C@@H]1COc2ccccc2O1)c1ccc2c(c1)OCO2. The molecule has 2 aliphatic rings. The van der Waals surface area contributed by atoms with E-state index in [1.54, 1.807) is 18.2 Å². The van der Waals surface area contributed by atoms with E-state index in [2.05, 4.69) is 5.32 Å². The smallest absolute Gasteiger partial charge is 0.232 e. The molecule has 0 saturated carbocycles. The lowest BCUT2D eigenvalue weighted by Gasteiger charge is -2.26. The van der Waals surface area contributed by atoms with Crippen LogP contribution in [0.15, 0.2) is 42.5 Å². The second-order valence-electron chi connectivity index (χ2n) is 7.28. The normalized spacial score (nSPS) is 16.6. The van der Waals surface area contributed by atoms with Crippen molar-refractivity contribution in [3.63, 3.8) is 0 Å². The Bertz CT molecular complexity index is 1060. The number of carbonyl (C=O) groups excluding carboxylic acids is 1. The van der Waals surface area contributed by atoms with E-state index in [1.807, 2.05) is 24.3 Å². The molecule has 1 N–H and O–H groups in total. The Morgan fingerprint density at radius 1 is 1.06 bits per heavy atom. The topological polar surface area (TPSA) is 103 Å². The molecule has 0 bridgehead atoms. The fourth-order valence-electron chi connectivity index (χ4n) is 3.39. The lowest BCUT2D eigenvalue weighted by molar-refractivity contribution is -0.121. The van der Waals surface area contributed by atoms with Crippen LogP contribution >= 0.6 is 0 Å². The Hall–Kier alpha value is -3.14. The van der Waals surface area contributed by atoms with Gasteiger partial charge in [0, 0.05) is 19.0 Å². The number of sulfonamides is 1. The van der Waals surface area contributed by atoms with E-state index in [1.165, 1.54) is 4.31 Å². The Morgan fingerprint density at radius 2 is 1.81 bits per heavy atom. The zero-order chi connectivity index (χ0) is 21.8. The first-order valence-electron chi connectivity index (χ1n) is 9.93. The van der Waals surface area contributed by atoms with Gasteiger partial charge in [-0.25, -0.2) is 8.42 Å². The van der Waals surface area contributed by atoms with Crippen LogP contribution in [-0.2, 0) is 14.8 Å². The summed E-state index contributed by atoms with van der Waals surface area (Å²) in [4.78, 5) is 12.2. The Labute approximate surface area is 180 Å². The van der Waals surface area contributed by atoms with Crippen molar-refractivity contribution in [1.29, 1.82) is 0 Å². The van der Waals surface area contributed by atoms with E-state index in [4.69, 9.17) is 18.9 Å². The molecule has 166 valence electrons. The lowest BCUT2D eigenvalue weighted by atomic mass is 10.2. The minimum absolute atomic E-state index is 0.110. The summed E-state index contributed by atoms with van der Waals surface area (Å²) in [6, 6.07) is 12.3. The first-order valence-corrected chi connectivity index (χ1v) is 11.8. The standard InChI is InChI=1S/C21H24N2O7S/c1-31(25,26)23(15-8-9-18-20(11-15)29-14-28-18)10-4-7-21(24)22-12-16-13-27-17-5-2-3-6-19(17)30-16/h2-3,5-6,8-9,11,16H,4,7,10,12-14H2,1H3,(H,22,24)/t16-/m1/s1. The highest BCUT2D eigenvalue weighted by atomic mass is 32.2. The van der Waals surface area contributed by atoms with E-state index in [0.29, 0.717) is 48.3 Å². The number of nitrogens with zero attached hydrogens (tertiary/aromatic N) is 1. The maximum absolute atomic E-state index is 12.3. The molecule has 4 rings (SSSR count). The number of amides is 1. The summed E-state index contributed by atoms with van der Waals surface area (Å²) < 4.78 is 47.8. The highest BCUT2D eigenvalue weighted by Crippen LogP contribution is 2.36. The average Bonchev–Trinajstić information content (AvgIpc) is 3.22. The van der Waals surface area contributed by atoms with Gasteiger partial charge in [0.25, 0.3) is 0 Å². The van der Waals surface area contributed by atoms with E-state index < -0.39 is 10.0 Å². The van der Waals surface area contributed by atoms with Gasteiger partial charge in [-0.2, -0.15) is 0 Å². The molecular weight excluding hydrogens is 424 g/mol. The molecular formula is C21H24N2O7S. The molecule has 0 saturated heterocycles. The lowest BCUT2D eigenvalue weighted by Crippen LogP contribution is -2.41. The van der Waals surface area contributed by atoms with E-state index in [-0.39, 0.29) is 31.8 Å². The molecule has 31 heavy (non-hydrogen) atoms. The number of benzene rings is 2. The minimum atomic E-state index is -3.52. The van der Waals surface area contributed by atoms with Crippen molar-refractivity contribution in [2.75, 3.05) is 37.1 Å². The number of ether oxygens (including phenoxy) is 4. The molecule has 0 spiro atoms. The Morgan fingerprint density at radius 3 is 2.61 bits per heavy atom. The van der Waals surface area contributed by atoms with Crippen molar-refractivity contribution >= 4 is 21.6 Å². The van der Waals surface area contributed by atoms with E-state index in [0.717, 1.165) is 6.26 Å². The summed E-state index contributed by atoms with van der Waals surface area (Å²) in [6.07, 6.45) is 1.40. The predicted octanol–water partition coefficient (Wildman–Crippen LogP) is 1.92. The van der Waals surface area contributed by atoms with Crippen molar-refractivity contribution in [1.82, 2.24) is 5.32 Å². The molecule has 2 aromatic carbocycles. The van der Waals surface area contributed by atoms with Crippen LogP contribution in [0, 0.1) is 0 Å². The van der Waals surface area contributed by atoms with Crippen LogP contribution in [-0.4, -0.2) is 53.2 Å². The van der Waals surface area contributed by atoms with Gasteiger partial charge in [0.1, 0.15) is 12.7 Å². The third kappa shape index (κ3) is 5.13. The van der Waals surface area contributed by atoms with Gasteiger partial charge >= 0.3 is 0 Å². The number of fused-ring (bicyclic) bond motifs is 2. The Kier molecular flexibility index (Phi) is 6.08. The quantitative estimate of drug-likeness (QED) is 0.658. The van der Waals surface area contributed by atoms with Gasteiger partial charge in [0.2, 0.25) is 22.7 Å². The van der Waals surface area contributed by atoms with E-state index >= 15 is 0 Å². The molecule has 1 amide bonds. The van der Waals surface area contributed by atoms with Gasteiger partial charge < -0.3 is 24.3 Å². The summed E-state index contributed by atoms with van der Waals surface area (Å²) in [5.74, 6) is 2.24. The molecule has 0 fully saturated rings. The van der Waals surface area contributed by atoms with Crippen LogP contribution in [0.5, 0.6) is 23.0 Å². The summed E-state index contributed by atoms with van der Waals surface area (Å²) >= 11 is 0. The molecule has 0 aliphatic carbocycles. The number of carbonyl (C=O) groups is 1. The second-order valence-corrected chi connectivity index (χ2v) is 9.18. The van der Waals surface area contributed by atoms with Crippen molar-refractivity contribution in [2.45, 2.75) is 18.9 Å². The first kappa shape index (κ1) is 21.1. The molecule has 2 aliphatic heterocycles. The third-order valence-corrected chi connectivity index (χ3v) is 6.10. The molecule has 0 unspecified atom stereocenters. The van der Waals surface area contributed by atoms with Crippen molar-refractivity contribution in [3.05, 3.63) is 42.5 Å². The van der Waals surface area contributed by atoms with Crippen LogP contribution in [0.3, 0.4) is 0 Å². The number of hydrogen-bond donors (Lipinski definition) is 1. The van der Waals surface area contributed by atoms with Crippen LogP contribution in [0.2, 0.25) is 0 Å². The molecule has 0 radical (unpaired) electrons. The number of para-hydroxylation sites is 2. The summed E-state index contributed by atoms with van der Waals surface area (Å²) in [7, 11) is -3.52. The number of rotatable bonds is 8. The highest BCUT2D eigenvalue weighted by molar-refractivity contribution is 7.92. The van der Waals surface area contributed by atoms with Crippen molar-refractivity contribution in [3.8, 4) is 23.0 Å². The largest absolute Gasteiger partial charge is 0.486 e. The van der Waals surface area contributed by atoms with Gasteiger partial charge in [-0.1, -0.05) is 12.1 Å². The van der Waals surface area contributed by atoms with Crippen LogP contribution in [0.1, 0.15) is 12.8 Å². The van der Waals surface area contributed by atoms with E-state index in [9.17, 15) is 13.2 Å². The zero-order valence-electron chi connectivity index (χ0n) is 17.1. The second kappa shape index (κ2) is 8.93. The molecule has 1 atom stereocenters.